The molecule has 3 rings (SSSR count). The monoisotopic (exact) mass is 334 g/mol. The van der Waals surface area contributed by atoms with Crippen LogP contribution in [0.2, 0.25) is 0 Å². The highest BCUT2D eigenvalue weighted by Gasteiger charge is 2.29. The molecule has 1 aliphatic carbocycles. The molecule has 1 aromatic carbocycles. The number of hydrogen-bond donors (Lipinski definition) is 2. The molecule has 6 heteroatoms. The summed E-state index contributed by atoms with van der Waals surface area (Å²) in [6, 6.07) is 7.85. The lowest BCUT2D eigenvalue weighted by Crippen LogP contribution is -2.34. The number of nitrogens with one attached hydrogen (secondary N) is 2. The SMILES string of the molecule is CC(NC(=O)c1nc(-c2cccc(Br)c2)n[nH]1)C1CC1. The molecule has 0 aliphatic heterocycles. The van der Waals surface area contributed by atoms with Gasteiger partial charge in [0.15, 0.2) is 5.82 Å². The number of nitrogens with zero attached hydrogens (tertiary/aromatic N) is 2. The molecule has 1 unspecified atom stereocenters. The van der Waals surface area contributed by atoms with Crippen LogP contribution in [0.25, 0.3) is 11.4 Å². The Morgan fingerprint density at radius 2 is 2.30 bits per heavy atom. The van der Waals surface area contributed by atoms with Crippen molar-refractivity contribution >= 4 is 21.8 Å². The maximum Gasteiger partial charge on any atom is 0.288 e. The van der Waals surface area contributed by atoms with Crippen molar-refractivity contribution in [3.63, 3.8) is 0 Å². The number of carbonyl (C=O) groups excluding carboxylic acids is 1. The van der Waals surface area contributed by atoms with Gasteiger partial charge in [0.2, 0.25) is 5.82 Å². The Morgan fingerprint density at radius 1 is 1.50 bits per heavy atom. The molecule has 1 amide bonds. The zero-order valence-electron chi connectivity index (χ0n) is 11.1. The van der Waals surface area contributed by atoms with E-state index in [4.69, 9.17) is 0 Å². The quantitative estimate of drug-likeness (QED) is 0.903. The Balaban J connectivity index is 1.74. The average Bonchev–Trinajstić information content (AvgIpc) is 3.16. The van der Waals surface area contributed by atoms with Crippen LogP contribution in [0.3, 0.4) is 0 Å². The van der Waals surface area contributed by atoms with E-state index in [9.17, 15) is 4.79 Å². The predicted octanol–water partition coefficient (Wildman–Crippen LogP) is 2.76. The molecule has 2 aromatic rings. The number of carbonyl (C=O) groups is 1. The molecular formula is C14H15BrN4O. The number of hydrogen-bond acceptors (Lipinski definition) is 3. The topological polar surface area (TPSA) is 70.7 Å². The standard InChI is InChI=1S/C14H15BrN4O/c1-8(9-5-6-9)16-14(20)13-17-12(18-19-13)10-3-2-4-11(15)7-10/h2-4,7-9H,5-6H2,1H3,(H,16,20)(H,17,18,19). The Labute approximate surface area is 125 Å². The second-order valence-electron chi connectivity index (χ2n) is 5.12. The van der Waals surface area contributed by atoms with Gasteiger partial charge in [-0.2, -0.15) is 5.10 Å². The van der Waals surface area contributed by atoms with E-state index in [0.29, 0.717) is 11.7 Å². The lowest BCUT2D eigenvalue weighted by atomic mass is 10.2. The van der Waals surface area contributed by atoms with Crippen LogP contribution in [0.1, 0.15) is 30.4 Å². The molecule has 0 spiro atoms. The third-order valence-electron chi connectivity index (χ3n) is 3.47. The van der Waals surface area contributed by atoms with E-state index in [-0.39, 0.29) is 17.8 Å². The number of amides is 1. The van der Waals surface area contributed by atoms with Crippen molar-refractivity contribution in [1.82, 2.24) is 20.5 Å². The van der Waals surface area contributed by atoms with Gasteiger partial charge >= 0.3 is 0 Å². The van der Waals surface area contributed by atoms with Crippen molar-refractivity contribution in [2.45, 2.75) is 25.8 Å². The van der Waals surface area contributed by atoms with Gasteiger partial charge < -0.3 is 5.32 Å². The number of halogens is 1. The largest absolute Gasteiger partial charge is 0.347 e. The first-order chi connectivity index (χ1) is 9.63. The van der Waals surface area contributed by atoms with Gasteiger partial charge in [-0.15, -0.1) is 0 Å². The van der Waals surface area contributed by atoms with E-state index in [0.717, 1.165) is 10.0 Å². The van der Waals surface area contributed by atoms with Crippen LogP contribution in [-0.2, 0) is 0 Å². The normalized spacial score (nSPS) is 15.9. The van der Waals surface area contributed by atoms with E-state index >= 15 is 0 Å². The van der Waals surface area contributed by atoms with E-state index in [1.54, 1.807) is 0 Å². The maximum atomic E-state index is 12.0. The minimum absolute atomic E-state index is 0.196. The van der Waals surface area contributed by atoms with E-state index in [1.165, 1.54) is 12.8 Å². The maximum absolute atomic E-state index is 12.0. The molecule has 20 heavy (non-hydrogen) atoms. The van der Waals surface area contributed by atoms with Gasteiger partial charge in [-0.1, -0.05) is 28.1 Å². The fourth-order valence-electron chi connectivity index (χ4n) is 2.11. The number of aromatic nitrogens is 3. The molecule has 0 bridgehead atoms. The van der Waals surface area contributed by atoms with Gasteiger partial charge in [-0.3, -0.25) is 9.89 Å². The highest BCUT2D eigenvalue weighted by Crippen LogP contribution is 2.32. The number of benzene rings is 1. The third-order valence-corrected chi connectivity index (χ3v) is 3.96. The second-order valence-corrected chi connectivity index (χ2v) is 6.03. The zero-order chi connectivity index (χ0) is 14.1. The van der Waals surface area contributed by atoms with Crippen LogP contribution >= 0.6 is 15.9 Å². The molecule has 0 saturated heterocycles. The van der Waals surface area contributed by atoms with Crippen molar-refractivity contribution in [2.24, 2.45) is 5.92 Å². The minimum atomic E-state index is -0.196. The Kier molecular flexibility index (Phi) is 3.56. The van der Waals surface area contributed by atoms with Crippen LogP contribution < -0.4 is 5.32 Å². The molecule has 1 aromatic heterocycles. The van der Waals surface area contributed by atoms with Gasteiger partial charge in [-0.05, 0) is 37.8 Å². The van der Waals surface area contributed by atoms with Gasteiger partial charge in [0.1, 0.15) is 0 Å². The highest BCUT2D eigenvalue weighted by atomic mass is 79.9. The fraction of sp³-hybridized carbons (Fsp3) is 0.357. The molecule has 104 valence electrons. The number of aromatic amines is 1. The summed E-state index contributed by atoms with van der Waals surface area (Å²) in [6.45, 7) is 2.03. The van der Waals surface area contributed by atoms with Crippen molar-refractivity contribution < 1.29 is 4.79 Å². The second kappa shape index (κ2) is 5.36. The molecular weight excluding hydrogens is 320 g/mol. The zero-order valence-corrected chi connectivity index (χ0v) is 12.6. The Morgan fingerprint density at radius 3 is 3.00 bits per heavy atom. The predicted molar refractivity (Wildman–Crippen MR) is 79.2 cm³/mol. The smallest absolute Gasteiger partial charge is 0.288 e. The Bertz CT molecular complexity index is 636. The first kappa shape index (κ1) is 13.3. The first-order valence-corrected chi connectivity index (χ1v) is 7.42. The fourth-order valence-corrected chi connectivity index (χ4v) is 2.51. The summed E-state index contributed by atoms with van der Waals surface area (Å²) in [5, 5.41) is 9.75. The van der Waals surface area contributed by atoms with Gasteiger partial charge in [-0.25, -0.2) is 4.98 Å². The van der Waals surface area contributed by atoms with Crippen LogP contribution in [0.15, 0.2) is 28.7 Å². The molecule has 1 fully saturated rings. The molecule has 0 radical (unpaired) electrons. The molecule has 1 atom stereocenters. The van der Waals surface area contributed by atoms with Crippen LogP contribution in [0.5, 0.6) is 0 Å². The summed E-state index contributed by atoms with van der Waals surface area (Å²) in [6.07, 6.45) is 2.39. The summed E-state index contributed by atoms with van der Waals surface area (Å²) < 4.78 is 0.952. The first-order valence-electron chi connectivity index (χ1n) is 6.62. The van der Waals surface area contributed by atoms with Crippen molar-refractivity contribution in [3.05, 3.63) is 34.6 Å². The number of rotatable bonds is 4. The van der Waals surface area contributed by atoms with Gasteiger partial charge in [0.05, 0.1) is 0 Å². The summed E-state index contributed by atoms with van der Waals surface area (Å²) in [5.74, 6) is 1.20. The molecule has 1 saturated carbocycles. The molecule has 1 heterocycles. The van der Waals surface area contributed by atoms with Crippen LogP contribution in [0, 0.1) is 5.92 Å². The lowest BCUT2D eigenvalue weighted by Gasteiger charge is -2.10. The van der Waals surface area contributed by atoms with Crippen molar-refractivity contribution in [1.29, 1.82) is 0 Å². The van der Waals surface area contributed by atoms with Gasteiger partial charge in [0, 0.05) is 16.1 Å². The molecule has 2 N–H and O–H groups in total. The average molecular weight is 335 g/mol. The lowest BCUT2D eigenvalue weighted by molar-refractivity contribution is 0.0926. The van der Waals surface area contributed by atoms with Crippen molar-refractivity contribution in [2.75, 3.05) is 0 Å². The van der Waals surface area contributed by atoms with Crippen LogP contribution in [-0.4, -0.2) is 27.1 Å². The third kappa shape index (κ3) is 2.90. The van der Waals surface area contributed by atoms with Crippen molar-refractivity contribution in [3.8, 4) is 11.4 Å². The number of H-pyrrole nitrogens is 1. The highest BCUT2D eigenvalue weighted by molar-refractivity contribution is 9.10. The summed E-state index contributed by atoms with van der Waals surface area (Å²) >= 11 is 3.41. The minimum Gasteiger partial charge on any atom is -0.347 e. The van der Waals surface area contributed by atoms with E-state index < -0.39 is 0 Å². The van der Waals surface area contributed by atoms with E-state index in [1.807, 2.05) is 31.2 Å². The molecule has 1 aliphatic rings. The summed E-state index contributed by atoms with van der Waals surface area (Å²) in [4.78, 5) is 16.3. The summed E-state index contributed by atoms with van der Waals surface area (Å²) in [5.41, 5.74) is 0.866. The summed E-state index contributed by atoms with van der Waals surface area (Å²) in [7, 11) is 0. The van der Waals surface area contributed by atoms with E-state index in [2.05, 4.69) is 36.4 Å². The van der Waals surface area contributed by atoms with Gasteiger partial charge in [0.25, 0.3) is 5.91 Å². The van der Waals surface area contributed by atoms with Crippen LogP contribution in [0.4, 0.5) is 0 Å². The Hall–Kier alpha value is -1.69. The molecule has 5 nitrogen and oxygen atoms in total.